The second kappa shape index (κ2) is 7.16. The van der Waals surface area contributed by atoms with Crippen molar-refractivity contribution >= 4 is 34.6 Å². The Kier molecular flexibility index (Phi) is 4.65. The fraction of sp³-hybridized carbons (Fsp3) is 0.350. The quantitative estimate of drug-likeness (QED) is 0.659. The van der Waals surface area contributed by atoms with Crippen LogP contribution in [0.5, 0.6) is 0 Å². The van der Waals surface area contributed by atoms with Gasteiger partial charge in [0.1, 0.15) is 11.6 Å². The minimum atomic E-state index is -0.327. The number of hydrogen-bond acceptors (Lipinski definition) is 7. The Morgan fingerprint density at radius 1 is 1.28 bits per heavy atom. The molecule has 29 heavy (non-hydrogen) atoms. The van der Waals surface area contributed by atoms with Crippen molar-refractivity contribution < 1.29 is 4.79 Å². The number of aliphatic imine (C=N–C) groups is 1. The second-order valence-corrected chi connectivity index (χ2v) is 7.45. The number of carbonyl (C=O) groups excluding carboxylic acids is 1. The number of likely N-dealkylation sites (N-methyl/N-ethyl adjacent to an activating group) is 1. The highest BCUT2D eigenvalue weighted by Crippen LogP contribution is 2.30. The van der Waals surface area contributed by atoms with Crippen molar-refractivity contribution in [2.24, 2.45) is 4.99 Å². The molecular weight excluding hydrogens is 368 g/mol. The van der Waals surface area contributed by atoms with E-state index in [2.05, 4.69) is 25.4 Å². The number of nitrogens with two attached hydrogens (primary N) is 1. The van der Waals surface area contributed by atoms with Gasteiger partial charge in [-0.2, -0.15) is 4.98 Å². The summed E-state index contributed by atoms with van der Waals surface area (Å²) < 4.78 is 1.67. The summed E-state index contributed by atoms with van der Waals surface area (Å²) in [5.41, 5.74) is 11.2. The number of anilines is 2. The predicted octanol–water partition coefficient (Wildman–Crippen LogP) is 2.44. The first-order valence-electron chi connectivity index (χ1n) is 9.50. The van der Waals surface area contributed by atoms with Crippen molar-refractivity contribution in [2.45, 2.75) is 33.2 Å². The van der Waals surface area contributed by atoms with E-state index in [1.54, 1.807) is 16.5 Å². The maximum atomic E-state index is 12.1. The fourth-order valence-corrected chi connectivity index (χ4v) is 3.49. The van der Waals surface area contributed by atoms with Crippen LogP contribution in [0.1, 0.15) is 26.0 Å². The number of carbonyl (C=O) groups is 1. The smallest absolute Gasteiger partial charge is 0.244 e. The molecule has 3 N–H and O–H groups in total. The van der Waals surface area contributed by atoms with E-state index in [1.165, 1.54) is 0 Å². The summed E-state index contributed by atoms with van der Waals surface area (Å²) in [5.74, 6) is 0.690. The van der Waals surface area contributed by atoms with Gasteiger partial charge in [-0.1, -0.05) is 0 Å². The molecule has 1 amide bonds. The SMILES string of the molecule is CC(C)=Nc1ccc(-c2ccn3nc(NC4CCN(C)C4=O)nc(N)c23)nc1C. The lowest BCUT2D eigenvalue weighted by molar-refractivity contribution is -0.127. The topological polar surface area (TPSA) is 114 Å². The van der Waals surface area contributed by atoms with Crippen molar-refractivity contribution in [3.05, 3.63) is 30.1 Å². The molecule has 4 heterocycles. The summed E-state index contributed by atoms with van der Waals surface area (Å²) in [4.78, 5) is 27.4. The summed E-state index contributed by atoms with van der Waals surface area (Å²) >= 11 is 0. The maximum Gasteiger partial charge on any atom is 0.244 e. The molecule has 3 aromatic heterocycles. The van der Waals surface area contributed by atoms with E-state index in [9.17, 15) is 4.79 Å². The standard InChI is InChI=1S/C20H24N8O/c1-11(2)22-14-5-6-15(23-12(14)3)13-7-10-28-17(13)18(21)25-20(26-28)24-16-8-9-27(4)19(16)29/h5-7,10,16H,8-9H2,1-4H3,(H3,21,24,25,26). The van der Waals surface area contributed by atoms with Crippen LogP contribution in [0.4, 0.5) is 17.5 Å². The zero-order valence-corrected chi connectivity index (χ0v) is 17.0. The maximum absolute atomic E-state index is 12.1. The van der Waals surface area contributed by atoms with E-state index in [4.69, 9.17) is 5.73 Å². The van der Waals surface area contributed by atoms with Gasteiger partial charge in [0.2, 0.25) is 11.9 Å². The first kappa shape index (κ1) is 18.9. The number of aryl methyl sites for hydroxylation is 1. The van der Waals surface area contributed by atoms with Crippen molar-refractivity contribution in [3.63, 3.8) is 0 Å². The molecule has 0 radical (unpaired) electrons. The molecule has 3 aromatic rings. The second-order valence-electron chi connectivity index (χ2n) is 7.45. The van der Waals surface area contributed by atoms with Crippen molar-refractivity contribution in [3.8, 4) is 11.3 Å². The number of aromatic nitrogens is 4. The molecule has 1 fully saturated rings. The number of likely N-dealkylation sites (tertiary alicyclic amines) is 1. The third-order valence-electron chi connectivity index (χ3n) is 4.95. The van der Waals surface area contributed by atoms with E-state index in [1.807, 2.05) is 45.2 Å². The Morgan fingerprint density at radius 2 is 2.07 bits per heavy atom. The summed E-state index contributed by atoms with van der Waals surface area (Å²) in [6, 6.07) is 5.45. The molecule has 150 valence electrons. The molecule has 1 aliphatic rings. The van der Waals surface area contributed by atoms with Crippen molar-refractivity contribution in [1.29, 1.82) is 0 Å². The van der Waals surface area contributed by atoms with E-state index in [0.29, 0.717) is 30.2 Å². The average Bonchev–Trinajstić information content (AvgIpc) is 3.22. The molecule has 1 atom stereocenters. The predicted molar refractivity (Wildman–Crippen MR) is 113 cm³/mol. The van der Waals surface area contributed by atoms with Gasteiger partial charge >= 0.3 is 0 Å². The van der Waals surface area contributed by atoms with Gasteiger partial charge in [0.15, 0.2) is 5.82 Å². The molecule has 0 aromatic carbocycles. The molecule has 0 aliphatic carbocycles. The number of hydrogen-bond donors (Lipinski definition) is 2. The highest BCUT2D eigenvalue weighted by molar-refractivity contribution is 5.88. The minimum Gasteiger partial charge on any atom is -0.382 e. The molecule has 0 spiro atoms. The number of fused-ring (bicyclic) bond motifs is 1. The van der Waals surface area contributed by atoms with Crippen LogP contribution in [0.15, 0.2) is 29.4 Å². The monoisotopic (exact) mass is 392 g/mol. The van der Waals surface area contributed by atoms with Crippen molar-refractivity contribution in [2.75, 3.05) is 24.6 Å². The molecule has 1 aliphatic heterocycles. The van der Waals surface area contributed by atoms with Crippen LogP contribution in [-0.2, 0) is 4.79 Å². The average molecular weight is 392 g/mol. The van der Waals surface area contributed by atoms with Gasteiger partial charge in [-0.05, 0) is 45.4 Å². The molecule has 1 saturated heterocycles. The molecule has 1 unspecified atom stereocenters. The van der Waals surface area contributed by atoms with Crippen LogP contribution in [0.3, 0.4) is 0 Å². The molecular formula is C20H24N8O. The third-order valence-corrected chi connectivity index (χ3v) is 4.95. The van der Waals surface area contributed by atoms with Gasteiger partial charge in [0, 0.05) is 31.1 Å². The zero-order chi connectivity index (χ0) is 20.7. The Morgan fingerprint density at radius 3 is 2.72 bits per heavy atom. The number of pyridine rings is 1. The van der Waals surface area contributed by atoms with E-state index in [-0.39, 0.29) is 11.9 Å². The Labute approximate surface area is 168 Å². The van der Waals surface area contributed by atoms with Gasteiger partial charge in [0.05, 0.1) is 17.1 Å². The summed E-state index contributed by atoms with van der Waals surface area (Å²) in [6.45, 7) is 6.55. The Balaban J connectivity index is 1.68. The summed E-state index contributed by atoms with van der Waals surface area (Å²) in [5, 5.41) is 7.57. The molecule has 9 heteroatoms. The number of rotatable bonds is 4. The summed E-state index contributed by atoms with van der Waals surface area (Å²) in [7, 11) is 1.79. The van der Waals surface area contributed by atoms with Gasteiger partial charge in [-0.15, -0.1) is 5.10 Å². The lowest BCUT2D eigenvalue weighted by atomic mass is 10.1. The van der Waals surface area contributed by atoms with Crippen LogP contribution in [-0.4, -0.2) is 55.7 Å². The normalized spacial score (nSPS) is 16.5. The number of nitrogens with one attached hydrogen (secondary N) is 1. The van der Waals surface area contributed by atoms with Gasteiger partial charge in [-0.3, -0.25) is 14.8 Å². The van der Waals surface area contributed by atoms with Crippen molar-refractivity contribution in [1.82, 2.24) is 24.5 Å². The first-order valence-corrected chi connectivity index (χ1v) is 9.50. The lowest BCUT2D eigenvalue weighted by Gasteiger charge is -2.13. The largest absolute Gasteiger partial charge is 0.382 e. The molecule has 0 bridgehead atoms. The highest BCUT2D eigenvalue weighted by atomic mass is 16.2. The zero-order valence-electron chi connectivity index (χ0n) is 17.0. The number of amides is 1. The van der Waals surface area contributed by atoms with Gasteiger partial charge in [0.25, 0.3) is 0 Å². The first-order chi connectivity index (χ1) is 13.8. The molecule has 4 rings (SSSR count). The third kappa shape index (κ3) is 3.51. The lowest BCUT2D eigenvalue weighted by Crippen LogP contribution is -2.31. The summed E-state index contributed by atoms with van der Waals surface area (Å²) in [6.07, 6.45) is 2.53. The molecule has 0 saturated carbocycles. The van der Waals surface area contributed by atoms with Gasteiger partial charge in [-0.25, -0.2) is 4.52 Å². The van der Waals surface area contributed by atoms with Crippen LogP contribution in [0.2, 0.25) is 0 Å². The Hall–Kier alpha value is -3.49. The number of nitrogen functional groups attached to an aromatic ring is 1. The highest BCUT2D eigenvalue weighted by Gasteiger charge is 2.29. The minimum absolute atomic E-state index is 0.0326. The number of nitrogens with zero attached hydrogens (tertiary/aromatic N) is 6. The van der Waals surface area contributed by atoms with Crippen LogP contribution in [0.25, 0.3) is 16.8 Å². The van der Waals surface area contributed by atoms with Crippen LogP contribution in [0, 0.1) is 6.92 Å². The van der Waals surface area contributed by atoms with E-state index in [0.717, 1.165) is 28.4 Å². The fourth-order valence-electron chi connectivity index (χ4n) is 3.49. The van der Waals surface area contributed by atoms with Crippen LogP contribution >= 0.6 is 0 Å². The van der Waals surface area contributed by atoms with Gasteiger partial charge < -0.3 is 16.0 Å². The van der Waals surface area contributed by atoms with E-state index >= 15 is 0 Å². The van der Waals surface area contributed by atoms with Crippen LogP contribution < -0.4 is 11.1 Å². The van der Waals surface area contributed by atoms with E-state index < -0.39 is 0 Å². The Bertz CT molecular complexity index is 1130. The molecule has 9 nitrogen and oxygen atoms in total.